The minimum atomic E-state index is -0.824. The van der Waals surface area contributed by atoms with E-state index >= 15 is 0 Å². The van der Waals surface area contributed by atoms with E-state index in [0.717, 1.165) is 19.3 Å². The van der Waals surface area contributed by atoms with Crippen LogP contribution >= 0.6 is 0 Å². The van der Waals surface area contributed by atoms with Crippen LogP contribution in [-0.2, 0) is 14.3 Å². The maximum atomic E-state index is 11.9. The number of amides is 1. The van der Waals surface area contributed by atoms with Gasteiger partial charge < -0.3 is 15.2 Å². The zero-order chi connectivity index (χ0) is 12.4. The Balaban J connectivity index is 1.72. The first-order valence-electron chi connectivity index (χ1n) is 6.21. The largest absolute Gasteiger partial charge is 0.481 e. The van der Waals surface area contributed by atoms with Gasteiger partial charge in [-0.25, -0.2) is 0 Å². The predicted octanol–water partition coefficient (Wildman–Crippen LogP) is 0.781. The Morgan fingerprint density at radius 2 is 2.24 bits per heavy atom. The molecule has 5 nitrogen and oxygen atoms in total. The average Bonchev–Trinajstić information content (AvgIpc) is 2.86. The van der Waals surface area contributed by atoms with Crippen LogP contribution < -0.4 is 5.32 Å². The molecule has 0 aliphatic carbocycles. The zero-order valence-corrected chi connectivity index (χ0v) is 10.0. The summed E-state index contributed by atoms with van der Waals surface area (Å²) in [4.78, 5) is 22.4. The Morgan fingerprint density at radius 1 is 1.47 bits per heavy atom. The molecule has 1 amide bonds. The van der Waals surface area contributed by atoms with Crippen molar-refractivity contribution >= 4 is 11.9 Å². The number of aliphatic carboxylic acids is 1. The molecule has 0 radical (unpaired) electrons. The van der Waals surface area contributed by atoms with E-state index in [1.54, 1.807) is 0 Å². The second-order valence-electron chi connectivity index (χ2n) is 5.16. The van der Waals surface area contributed by atoms with Crippen molar-refractivity contribution in [3.63, 3.8) is 0 Å². The average molecular weight is 241 g/mol. The van der Waals surface area contributed by atoms with Gasteiger partial charge in [-0.05, 0) is 25.2 Å². The summed E-state index contributed by atoms with van der Waals surface area (Å²) in [5, 5.41) is 11.4. The highest BCUT2D eigenvalue weighted by Gasteiger charge is 2.44. The molecule has 2 aliphatic heterocycles. The van der Waals surface area contributed by atoms with Crippen LogP contribution in [0.1, 0.15) is 32.6 Å². The van der Waals surface area contributed by atoms with E-state index in [9.17, 15) is 9.59 Å². The maximum Gasteiger partial charge on any atom is 0.303 e. The maximum absolute atomic E-state index is 11.9. The van der Waals surface area contributed by atoms with E-state index in [-0.39, 0.29) is 36.4 Å². The smallest absolute Gasteiger partial charge is 0.303 e. The van der Waals surface area contributed by atoms with Crippen molar-refractivity contribution in [3.8, 4) is 0 Å². The normalized spacial score (nSPS) is 32.4. The van der Waals surface area contributed by atoms with Gasteiger partial charge in [0.05, 0.1) is 18.1 Å². The van der Waals surface area contributed by atoms with E-state index in [4.69, 9.17) is 9.84 Å². The van der Waals surface area contributed by atoms with Gasteiger partial charge in [-0.1, -0.05) is 6.92 Å². The van der Waals surface area contributed by atoms with Crippen molar-refractivity contribution in [2.24, 2.45) is 11.8 Å². The third kappa shape index (κ3) is 2.97. The standard InChI is InChI=1S/C12H19NO4/c1-7(4-11(14)15)6-13-12(16)9-5-8-2-3-10(9)17-8/h7-10H,2-6H2,1H3,(H,13,16)(H,14,15). The van der Waals surface area contributed by atoms with Gasteiger partial charge in [0.25, 0.3) is 0 Å². The van der Waals surface area contributed by atoms with E-state index in [1.807, 2.05) is 6.92 Å². The number of nitrogens with one attached hydrogen (secondary N) is 1. The number of ether oxygens (including phenoxy) is 1. The van der Waals surface area contributed by atoms with Gasteiger partial charge in [0.15, 0.2) is 0 Å². The number of carbonyl (C=O) groups excluding carboxylic acids is 1. The molecule has 0 saturated carbocycles. The van der Waals surface area contributed by atoms with Crippen LogP contribution in [-0.4, -0.2) is 35.7 Å². The summed E-state index contributed by atoms with van der Waals surface area (Å²) in [6, 6.07) is 0. The van der Waals surface area contributed by atoms with Crippen LogP contribution in [0.3, 0.4) is 0 Å². The van der Waals surface area contributed by atoms with Crippen molar-refractivity contribution in [1.29, 1.82) is 0 Å². The zero-order valence-electron chi connectivity index (χ0n) is 10.0. The van der Waals surface area contributed by atoms with Crippen LogP contribution in [0.25, 0.3) is 0 Å². The van der Waals surface area contributed by atoms with Crippen LogP contribution in [0, 0.1) is 11.8 Å². The highest BCUT2D eigenvalue weighted by molar-refractivity contribution is 5.79. The number of rotatable bonds is 5. The van der Waals surface area contributed by atoms with Crippen molar-refractivity contribution in [3.05, 3.63) is 0 Å². The van der Waals surface area contributed by atoms with Gasteiger partial charge in [0.1, 0.15) is 0 Å². The molecule has 4 unspecified atom stereocenters. The summed E-state index contributed by atoms with van der Waals surface area (Å²) >= 11 is 0. The summed E-state index contributed by atoms with van der Waals surface area (Å²) in [6.45, 7) is 2.25. The van der Waals surface area contributed by atoms with Crippen molar-refractivity contribution in [2.45, 2.75) is 44.8 Å². The molecule has 4 atom stereocenters. The minimum Gasteiger partial charge on any atom is -0.481 e. The molecule has 96 valence electrons. The van der Waals surface area contributed by atoms with E-state index in [0.29, 0.717) is 6.54 Å². The van der Waals surface area contributed by atoms with Crippen LogP contribution in [0.2, 0.25) is 0 Å². The molecule has 0 spiro atoms. The molecule has 0 aromatic rings. The molecule has 2 rings (SSSR count). The number of hydrogen-bond acceptors (Lipinski definition) is 3. The summed E-state index contributed by atoms with van der Waals surface area (Å²) in [7, 11) is 0. The third-order valence-electron chi connectivity index (χ3n) is 3.59. The van der Waals surface area contributed by atoms with Crippen LogP contribution in [0.15, 0.2) is 0 Å². The molecule has 17 heavy (non-hydrogen) atoms. The second-order valence-corrected chi connectivity index (χ2v) is 5.16. The molecule has 5 heteroatoms. The summed E-state index contributed by atoms with van der Waals surface area (Å²) in [5.41, 5.74) is 0. The number of carbonyl (C=O) groups is 2. The third-order valence-corrected chi connectivity index (χ3v) is 3.59. The SMILES string of the molecule is CC(CNC(=O)C1CC2CCC1O2)CC(=O)O. The number of carboxylic acid groups (broad SMARTS) is 1. The predicted molar refractivity (Wildman–Crippen MR) is 60.4 cm³/mol. The fourth-order valence-electron chi connectivity index (χ4n) is 2.69. The first-order chi connectivity index (χ1) is 8.06. The van der Waals surface area contributed by atoms with E-state index < -0.39 is 5.97 Å². The highest BCUT2D eigenvalue weighted by atomic mass is 16.5. The van der Waals surface area contributed by atoms with Gasteiger partial charge in [0.2, 0.25) is 5.91 Å². The Morgan fingerprint density at radius 3 is 2.76 bits per heavy atom. The first-order valence-corrected chi connectivity index (χ1v) is 6.21. The lowest BCUT2D eigenvalue weighted by atomic mass is 9.88. The molecule has 2 fully saturated rings. The van der Waals surface area contributed by atoms with Crippen LogP contribution in [0.4, 0.5) is 0 Å². The topological polar surface area (TPSA) is 75.6 Å². The van der Waals surface area contributed by atoms with Gasteiger partial charge in [-0.3, -0.25) is 9.59 Å². The molecular formula is C12H19NO4. The van der Waals surface area contributed by atoms with Gasteiger partial charge >= 0.3 is 5.97 Å². The summed E-state index contributed by atoms with van der Waals surface area (Å²) in [5.74, 6) is -0.855. The summed E-state index contributed by atoms with van der Waals surface area (Å²) in [6.07, 6.45) is 3.33. The number of carboxylic acids is 1. The molecule has 2 saturated heterocycles. The van der Waals surface area contributed by atoms with E-state index in [1.165, 1.54) is 0 Å². The van der Waals surface area contributed by atoms with Crippen LogP contribution in [0.5, 0.6) is 0 Å². The lowest BCUT2D eigenvalue weighted by molar-refractivity contribution is -0.138. The number of fused-ring (bicyclic) bond motifs is 2. The first kappa shape index (κ1) is 12.4. The molecular weight excluding hydrogens is 222 g/mol. The molecule has 0 aromatic heterocycles. The molecule has 2 bridgehead atoms. The minimum absolute atomic E-state index is 0.0224. The van der Waals surface area contributed by atoms with Gasteiger partial charge in [-0.2, -0.15) is 0 Å². The molecule has 2 aliphatic rings. The lowest BCUT2D eigenvalue weighted by Crippen LogP contribution is -2.38. The Kier molecular flexibility index (Phi) is 3.66. The molecule has 2 heterocycles. The molecule has 2 N–H and O–H groups in total. The Bertz CT molecular complexity index is 318. The van der Waals surface area contributed by atoms with Gasteiger partial charge in [-0.15, -0.1) is 0 Å². The quantitative estimate of drug-likeness (QED) is 0.746. The van der Waals surface area contributed by atoms with Crippen molar-refractivity contribution in [2.75, 3.05) is 6.54 Å². The monoisotopic (exact) mass is 241 g/mol. The molecule has 0 aromatic carbocycles. The Hall–Kier alpha value is -1.10. The highest BCUT2D eigenvalue weighted by Crippen LogP contribution is 2.38. The van der Waals surface area contributed by atoms with Gasteiger partial charge in [0, 0.05) is 13.0 Å². The Labute approximate surface area is 101 Å². The fraction of sp³-hybridized carbons (Fsp3) is 0.833. The fourth-order valence-corrected chi connectivity index (χ4v) is 2.69. The summed E-state index contributed by atoms with van der Waals surface area (Å²) < 4.78 is 5.62. The van der Waals surface area contributed by atoms with Crippen molar-refractivity contribution < 1.29 is 19.4 Å². The van der Waals surface area contributed by atoms with E-state index in [2.05, 4.69) is 5.32 Å². The lowest BCUT2D eigenvalue weighted by Gasteiger charge is -2.19. The second kappa shape index (κ2) is 5.04. The number of hydrogen-bond donors (Lipinski definition) is 2. The van der Waals surface area contributed by atoms with Crippen molar-refractivity contribution in [1.82, 2.24) is 5.32 Å².